The monoisotopic (exact) mass is 300 g/mol. The number of ketones is 1. The van der Waals surface area contributed by atoms with Crippen LogP contribution in [0, 0.1) is 17.5 Å². The van der Waals surface area contributed by atoms with Crippen molar-refractivity contribution < 1.29 is 22.7 Å². The third-order valence-corrected chi connectivity index (χ3v) is 2.96. The number of halogens is 4. The molecule has 0 heterocycles. The van der Waals surface area contributed by atoms with E-state index in [4.69, 9.17) is 16.3 Å². The lowest BCUT2D eigenvalue weighted by molar-refractivity contribution is 0.103. The van der Waals surface area contributed by atoms with E-state index in [0.29, 0.717) is 12.1 Å². The molecule has 0 saturated carbocycles. The summed E-state index contributed by atoms with van der Waals surface area (Å²) < 4.78 is 44.8. The highest BCUT2D eigenvalue weighted by atomic mass is 35.5. The van der Waals surface area contributed by atoms with Gasteiger partial charge in [-0.3, -0.25) is 4.79 Å². The quantitative estimate of drug-likeness (QED) is 0.801. The molecule has 0 N–H and O–H groups in total. The fourth-order valence-electron chi connectivity index (χ4n) is 1.70. The standard InChI is InChI=1S/C14H8ClF3O2/c1-20-12-4-7(2-3-9(12)15)14(19)13-10(17)5-8(16)6-11(13)18/h2-6H,1H3. The molecule has 0 saturated heterocycles. The lowest BCUT2D eigenvalue weighted by atomic mass is 10.0. The molecule has 0 fully saturated rings. The van der Waals surface area contributed by atoms with Crippen LogP contribution in [0.4, 0.5) is 13.2 Å². The van der Waals surface area contributed by atoms with Gasteiger partial charge in [-0.1, -0.05) is 11.6 Å². The topological polar surface area (TPSA) is 26.3 Å². The van der Waals surface area contributed by atoms with E-state index in [1.54, 1.807) is 0 Å². The van der Waals surface area contributed by atoms with Crippen molar-refractivity contribution in [2.24, 2.45) is 0 Å². The van der Waals surface area contributed by atoms with Gasteiger partial charge in [0.2, 0.25) is 0 Å². The van der Waals surface area contributed by atoms with Gasteiger partial charge in [0.05, 0.1) is 17.7 Å². The molecule has 0 spiro atoms. The van der Waals surface area contributed by atoms with E-state index >= 15 is 0 Å². The molecule has 0 bridgehead atoms. The van der Waals surface area contributed by atoms with E-state index in [9.17, 15) is 18.0 Å². The Morgan fingerprint density at radius 2 is 1.70 bits per heavy atom. The van der Waals surface area contributed by atoms with Crippen molar-refractivity contribution in [3.05, 3.63) is 63.9 Å². The smallest absolute Gasteiger partial charge is 0.199 e. The minimum absolute atomic E-state index is 0.0179. The van der Waals surface area contributed by atoms with Gasteiger partial charge in [-0.2, -0.15) is 0 Å². The lowest BCUT2D eigenvalue weighted by Gasteiger charge is -2.07. The van der Waals surface area contributed by atoms with Gasteiger partial charge < -0.3 is 4.74 Å². The summed E-state index contributed by atoms with van der Waals surface area (Å²) in [6, 6.07) is 4.82. The second kappa shape index (κ2) is 5.54. The molecular formula is C14H8ClF3O2. The van der Waals surface area contributed by atoms with Crippen LogP contribution in [0.25, 0.3) is 0 Å². The molecule has 0 atom stereocenters. The Labute approximate surface area is 117 Å². The Morgan fingerprint density at radius 1 is 1.10 bits per heavy atom. The zero-order chi connectivity index (χ0) is 14.9. The molecule has 6 heteroatoms. The molecule has 2 rings (SSSR count). The summed E-state index contributed by atoms with van der Waals surface area (Å²) in [4.78, 5) is 12.1. The average Bonchev–Trinajstić information content (AvgIpc) is 2.37. The maximum atomic E-state index is 13.6. The van der Waals surface area contributed by atoms with Crippen LogP contribution >= 0.6 is 11.6 Å². The molecule has 0 amide bonds. The third-order valence-electron chi connectivity index (χ3n) is 2.65. The summed E-state index contributed by atoms with van der Waals surface area (Å²) in [5.41, 5.74) is -0.841. The Kier molecular flexibility index (Phi) is 3.99. The summed E-state index contributed by atoms with van der Waals surface area (Å²) in [5, 5.41) is 0.254. The first-order valence-corrected chi connectivity index (χ1v) is 5.84. The summed E-state index contributed by atoms with van der Waals surface area (Å²) in [5.74, 6) is -4.34. The molecule has 20 heavy (non-hydrogen) atoms. The molecule has 0 aliphatic heterocycles. The minimum Gasteiger partial charge on any atom is -0.495 e. The van der Waals surface area contributed by atoms with Crippen molar-refractivity contribution in [1.82, 2.24) is 0 Å². The van der Waals surface area contributed by atoms with E-state index in [2.05, 4.69) is 0 Å². The highest BCUT2D eigenvalue weighted by Gasteiger charge is 2.21. The van der Waals surface area contributed by atoms with Crippen molar-refractivity contribution in [2.75, 3.05) is 7.11 Å². The zero-order valence-electron chi connectivity index (χ0n) is 10.2. The Bertz CT molecular complexity index is 663. The van der Waals surface area contributed by atoms with Crippen LogP contribution in [0.3, 0.4) is 0 Å². The fourth-order valence-corrected chi connectivity index (χ4v) is 1.90. The molecule has 2 nitrogen and oxygen atoms in total. The number of ether oxygens (including phenoxy) is 1. The molecule has 0 radical (unpaired) electrons. The maximum Gasteiger partial charge on any atom is 0.199 e. The van der Waals surface area contributed by atoms with Gasteiger partial charge in [0, 0.05) is 17.7 Å². The van der Waals surface area contributed by atoms with Crippen LogP contribution in [0.1, 0.15) is 15.9 Å². The van der Waals surface area contributed by atoms with Crippen molar-refractivity contribution >= 4 is 17.4 Å². The van der Waals surface area contributed by atoms with Gasteiger partial charge in [0.25, 0.3) is 0 Å². The first-order chi connectivity index (χ1) is 9.43. The predicted molar refractivity (Wildman–Crippen MR) is 67.8 cm³/mol. The maximum absolute atomic E-state index is 13.6. The van der Waals surface area contributed by atoms with Gasteiger partial charge in [0.1, 0.15) is 23.2 Å². The number of hydrogen-bond acceptors (Lipinski definition) is 2. The van der Waals surface area contributed by atoms with E-state index in [0.717, 1.165) is 0 Å². The van der Waals surface area contributed by atoms with Crippen molar-refractivity contribution in [2.45, 2.75) is 0 Å². The molecule has 0 aliphatic carbocycles. The molecule has 2 aromatic carbocycles. The van der Waals surface area contributed by atoms with Crippen LogP contribution in [-0.2, 0) is 0 Å². The number of benzene rings is 2. The van der Waals surface area contributed by atoms with E-state index in [1.165, 1.54) is 25.3 Å². The normalized spacial score (nSPS) is 10.4. The second-order valence-electron chi connectivity index (χ2n) is 3.92. The predicted octanol–water partition coefficient (Wildman–Crippen LogP) is 4.00. The highest BCUT2D eigenvalue weighted by Crippen LogP contribution is 2.27. The van der Waals surface area contributed by atoms with E-state index in [-0.39, 0.29) is 16.3 Å². The largest absolute Gasteiger partial charge is 0.495 e. The van der Waals surface area contributed by atoms with Crippen molar-refractivity contribution in [1.29, 1.82) is 0 Å². The van der Waals surface area contributed by atoms with Crippen LogP contribution in [-0.4, -0.2) is 12.9 Å². The molecule has 0 unspecified atom stereocenters. The third kappa shape index (κ3) is 2.63. The molecule has 2 aromatic rings. The fraction of sp³-hybridized carbons (Fsp3) is 0.0714. The summed E-state index contributed by atoms with van der Waals surface area (Å²) >= 11 is 5.80. The van der Waals surface area contributed by atoms with Crippen molar-refractivity contribution in [3.8, 4) is 5.75 Å². The van der Waals surface area contributed by atoms with Crippen LogP contribution in [0.2, 0.25) is 5.02 Å². The number of rotatable bonds is 3. The lowest BCUT2D eigenvalue weighted by Crippen LogP contribution is -2.08. The molecule has 0 aliphatic rings. The first-order valence-electron chi connectivity index (χ1n) is 5.47. The molecule has 0 aromatic heterocycles. The average molecular weight is 301 g/mol. The van der Waals surface area contributed by atoms with Crippen LogP contribution in [0.15, 0.2) is 30.3 Å². The Hall–Kier alpha value is -2.01. The van der Waals surface area contributed by atoms with Gasteiger partial charge in [-0.25, -0.2) is 13.2 Å². The molecular weight excluding hydrogens is 293 g/mol. The number of carbonyl (C=O) groups is 1. The Balaban J connectivity index is 2.52. The van der Waals surface area contributed by atoms with Gasteiger partial charge >= 0.3 is 0 Å². The number of methoxy groups -OCH3 is 1. The summed E-state index contributed by atoms with van der Waals surface area (Å²) in [6.45, 7) is 0. The first kappa shape index (κ1) is 14.4. The van der Waals surface area contributed by atoms with E-state index < -0.39 is 28.8 Å². The van der Waals surface area contributed by atoms with Gasteiger partial charge in [-0.15, -0.1) is 0 Å². The highest BCUT2D eigenvalue weighted by molar-refractivity contribution is 6.32. The summed E-state index contributed by atoms with van der Waals surface area (Å²) in [6.07, 6.45) is 0. The minimum atomic E-state index is -1.26. The molecule has 104 valence electrons. The van der Waals surface area contributed by atoms with Gasteiger partial charge in [-0.05, 0) is 18.2 Å². The summed E-state index contributed by atoms with van der Waals surface area (Å²) in [7, 11) is 1.34. The van der Waals surface area contributed by atoms with Crippen LogP contribution < -0.4 is 4.74 Å². The second-order valence-corrected chi connectivity index (χ2v) is 4.33. The number of hydrogen-bond donors (Lipinski definition) is 0. The van der Waals surface area contributed by atoms with Gasteiger partial charge in [0.15, 0.2) is 5.78 Å². The zero-order valence-corrected chi connectivity index (χ0v) is 11.0. The van der Waals surface area contributed by atoms with Crippen molar-refractivity contribution in [3.63, 3.8) is 0 Å². The Morgan fingerprint density at radius 3 is 2.25 bits per heavy atom. The van der Waals surface area contributed by atoms with Crippen LogP contribution in [0.5, 0.6) is 5.75 Å². The SMILES string of the molecule is COc1cc(C(=O)c2c(F)cc(F)cc2F)ccc1Cl. The van der Waals surface area contributed by atoms with E-state index in [1.807, 2.05) is 0 Å². The number of carbonyl (C=O) groups excluding carboxylic acids is 1.